The summed E-state index contributed by atoms with van der Waals surface area (Å²) < 4.78 is 5.42. The fourth-order valence-corrected chi connectivity index (χ4v) is 3.50. The first kappa shape index (κ1) is 17.7. The molecule has 6 heteroatoms. The van der Waals surface area contributed by atoms with Crippen molar-refractivity contribution in [1.29, 1.82) is 0 Å². The average molecular weight is 363 g/mol. The standard InChI is InChI=1S/C21H25N5O/c1-25(2)18-8-6-16(7-9-18)15-26-13-10-17(11-14-26)20-23-21(27-24-20)19-5-3-4-12-22-19/h3-9,12,17H,10-11,13-15H2,1-2H3. The van der Waals surface area contributed by atoms with Gasteiger partial charge in [-0.3, -0.25) is 9.88 Å². The highest BCUT2D eigenvalue weighted by molar-refractivity contribution is 5.46. The van der Waals surface area contributed by atoms with Crippen molar-refractivity contribution in [2.75, 3.05) is 32.1 Å². The molecule has 0 bridgehead atoms. The second-order valence-corrected chi connectivity index (χ2v) is 7.28. The van der Waals surface area contributed by atoms with Gasteiger partial charge in [0.2, 0.25) is 0 Å². The van der Waals surface area contributed by atoms with Gasteiger partial charge in [-0.2, -0.15) is 4.98 Å². The summed E-state index contributed by atoms with van der Waals surface area (Å²) in [7, 11) is 4.13. The predicted molar refractivity (Wildman–Crippen MR) is 106 cm³/mol. The van der Waals surface area contributed by atoms with Crippen LogP contribution in [0.1, 0.15) is 30.1 Å². The molecule has 3 aromatic rings. The molecule has 0 unspecified atom stereocenters. The normalized spacial score (nSPS) is 15.8. The molecule has 0 spiro atoms. The second-order valence-electron chi connectivity index (χ2n) is 7.28. The van der Waals surface area contributed by atoms with Crippen LogP contribution >= 0.6 is 0 Å². The van der Waals surface area contributed by atoms with Gasteiger partial charge in [0.05, 0.1) is 0 Å². The maximum atomic E-state index is 5.42. The zero-order chi connectivity index (χ0) is 18.6. The Balaban J connectivity index is 1.33. The van der Waals surface area contributed by atoms with Gasteiger partial charge in [0, 0.05) is 38.4 Å². The molecule has 140 valence electrons. The summed E-state index contributed by atoms with van der Waals surface area (Å²) in [4.78, 5) is 13.5. The number of hydrogen-bond acceptors (Lipinski definition) is 6. The molecule has 1 fully saturated rings. The predicted octanol–water partition coefficient (Wildman–Crippen LogP) is 3.58. The Kier molecular flexibility index (Phi) is 5.16. The van der Waals surface area contributed by atoms with E-state index < -0.39 is 0 Å². The Bertz CT molecular complexity index is 852. The quantitative estimate of drug-likeness (QED) is 0.691. The summed E-state index contributed by atoms with van der Waals surface area (Å²) in [5, 5.41) is 4.20. The van der Waals surface area contributed by atoms with Crippen LogP contribution in [0.2, 0.25) is 0 Å². The van der Waals surface area contributed by atoms with E-state index in [4.69, 9.17) is 4.52 Å². The molecule has 4 rings (SSSR count). The molecule has 1 aliphatic heterocycles. The maximum absolute atomic E-state index is 5.42. The lowest BCUT2D eigenvalue weighted by Gasteiger charge is -2.30. The number of piperidine rings is 1. The third-order valence-electron chi connectivity index (χ3n) is 5.14. The fraction of sp³-hybridized carbons (Fsp3) is 0.381. The first-order valence-corrected chi connectivity index (χ1v) is 9.42. The van der Waals surface area contributed by atoms with Crippen molar-refractivity contribution in [3.05, 3.63) is 60.0 Å². The minimum atomic E-state index is 0.360. The number of aromatic nitrogens is 3. The van der Waals surface area contributed by atoms with Crippen LogP contribution in [0.3, 0.4) is 0 Å². The molecule has 0 amide bonds. The van der Waals surface area contributed by atoms with E-state index in [9.17, 15) is 0 Å². The van der Waals surface area contributed by atoms with Crippen LogP contribution in [0.4, 0.5) is 5.69 Å². The van der Waals surface area contributed by atoms with Crippen LogP contribution < -0.4 is 4.90 Å². The molecule has 6 nitrogen and oxygen atoms in total. The highest BCUT2D eigenvalue weighted by Crippen LogP contribution is 2.28. The summed E-state index contributed by atoms with van der Waals surface area (Å²) in [5.41, 5.74) is 3.32. The average Bonchev–Trinajstić information content (AvgIpc) is 3.20. The molecular formula is C21H25N5O. The Hall–Kier alpha value is -2.73. The molecule has 0 atom stereocenters. The lowest BCUT2D eigenvalue weighted by atomic mass is 9.96. The van der Waals surface area contributed by atoms with E-state index in [2.05, 4.69) is 63.3 Å². The molecule has 1 aromatic carbocycles. The Morgan fingerprint density at radius 2 is 1.85 bits per heavy atom. The minimum absolute atomic E-state index is 0.360. The summed E-state index contributed by atoms with van der Waals surface area (Å²) in [6, 6.07) is 14.5. The van der Waals surface area contributed by atoms with Crippen LogP contribution in [0.25, 0.3) is 11.6 Å². The largest absolute Gasteiger partial charge is 0.378 e. The maximum Gasteiger partial charge on any atom is 0.276 e. The topological polar surface area (TPSA) is 58.3 Å². The number of rotatable bonds is 5. The highest BCUT2D eigenvalue weighted by Gasteiger charge is 2.25. The van der Waals surface area contributed by atoms with E-state index in [1.807, 2.05) is 18.2 Å². The first-order chi connectivity index (χ1) is 13.2. The third-order valence-corrected chi connectivity index (χ3v) is 5.14. The molecular weight excluding hydrogens is 338 g/mol. The van der Waals surface area contributed by atoms with E-state index in [1.165, 1.54) is 11.3 Å². The summed E-state index contributed by atoms with van der Waals surface area (Å²) in [5.74, 6) is 1.68. The monoisotopic (exact) mass is 363 g/mol. The Morgan fingerprint density at radius 1 is 1.07 bits per heavy atom. The molecule has 2 aromatic heterocycles. The van der Waals surface area contributed by atoms with E-state index in [0.29, 0.717) is 11.8 Å². The zero-order valence-corrected chi connectivity index (χ0v) is 15.9. The van der Waals surface area contributed by atoms with Gasteiger partial charge in [0.25, 0.3) is 5.89 Å². The highest BCUT2D eigenvalue weighted by atomic mass is 16.5. The van der Waals surface area contributed by atoms with Crippen molar-refractivity contribution in [2.24, 2.45) is 0 Å². The van der Waals surface area contributed by atoms with Crippen molar-refractivity contribution in [3.63, 3.8) is 0 Å². The number of nitrogens with zero attached hydrogens (tertiary/aromatic N) is 5. The number of anilines is 1. The molecule has 0 saturated carbocycles. The zero-order valence-electron chi connectivity index (χ0n) is 15.9. The smallest absolute Gasteiger partial charge is 0.276 e. The van der Waals surface area contributed by atoms with Gasteiger partial charge in [-0.15, -0.1) is 0 Å². The van der Waals surface area contributed by atoms with Crippen molar-refractivity contribution >= 4 is 5.69 Å². The lowest BCUT2D eigenvalue weighted by Crippen LogP contribution is -2.32. The van der Waals surface area contributed by atoms with E-state index in [1.54, 1.807) is 6.20 Å². The fourth-order valence-electron chi connectivity index (χ4n) is 3.50. The lowest BCUT2D eigenvalue weighted by molar-refractivity contribution is 0.200. The molecule has 0 N–H and O–H groups in total. The van der Waals surface area contributed by atoms with Crippen molar-refractivity contribution in [3.8, 4) is 11.6 Å². The van der Waals surface area contributed by atoms with Crippen molar-refractivity contribution < 1.29 is 4.52 Å². The number of likely N-dealkylation sites (tertiary alicyclic amines) is 1. The van der Waals surface area contributed by atoms with Gasteiger partial charge in [-0.25, -0.2) is 0 Å². The molecule has 27 heavy (non-hydrogen) atoms. The Labute approximate surface area is 159 Å². The van der Waals surface area contributed by atoms with Crippen LogP contribution in [0.5, 0.6) is 0 Å². The molecule has 1 saturated heterocycles. The molecule has 0 aliphatic carbocycles. The van der Waals surface area contributed by atoms with Gasteiger partial charge in [-0.05, 0) is 55.8 Å². The van der Waals surface area contributed by atoms with Crippen molar-refractivity contribution in [1.82, 2.24) is 20.0 Å². The third kappa shape index (κ3) is 4.17. The molecule has 1 aliphatic rings. The molecule has 3 heterocycles. The van der Waals surface area contributed by atoms with Gasteiger partial charge >= 0.3 is 0 Å². The van der Waals surface area contributed by atoms with Crippen LogP contribution in [0, 0.1) is 0 Å². The SMILES string of the molecule is CN(C)c1ccc(CN2CCC(c3noc(-c4ccccn4)n3)CC2)cc1. The van der Waals surface area contributed by atoms with Crippen LogP contribution in [-0.4, -0.2) is 47.2 Å². The number of hydrogen-bond donors (Lipinski definition) is 0. The van der Waals surface area contributed by atoms with E-state index in [0.717, 1.165) is 44.0 Å². The summed E-state index contributed by atoms with van der Waals surface area (Å²) >= 11 is 0. The van der Waals surface area contributed by atoms with Crippen molar-refractivity contribution in [2.45, 2.75) is 25.3 Å². The molecule has 0 radical (unpaired) electrons. The van der Waals surface area contributed by atoms with Crippen LogP contribution in [-0.2, 0) is 6.54 Å². The summed E-state index contributed by atoms with van der Waals surface area (Å²) in [6.45, 7) is 3.09. The van der Waals surface area contributed by atoms with Gasteiger partial charge in [0.15, 0.2) is 5.82 Å². The second kappa shape index (κ2) is 7.88. The van der Waals surface area contributed by atoms with Crippen LogP contribution in [0.15, 0.2) is 53.2 Å². The minimum Gasteiger partial charge on any atom is -0.378 e. The van der Waals surface area contributed by atoms with Gasteiger partial charge < -0.3 is 9.42 Å². The summed E-state index contributed by atoms with van der Waals surface area (Å²) in [6.07, 6.45) is 3.84. The van der Waals surface area contributed by atoms with Gasteiger partial charge in [-0.1, -0.05) is 23.4 Å². The van der Waals surface area contributed by atoms with E-state index in [-0.39, 0.29) is 0 Å². The Morgan fingerprint density at radius 3 is 2.52 bits per heavy atom. The first-order valence-electron chi connectivity index (χ1n) is 9.42. The van der Waals surface area contributed by atoms with Gasteiger partial charge in [0.1, 0.15) is 5.69 Å². The number of benzene rings is 1. The number of pyridine rings is 1. The van der Waals surface area contributed by atoms with E-state index >= 15 is 0 Å².